The molecule has 2 N–H and O–H groups in total. The minimum atomic E-state index is -0.867. The standard InChI is InChI=1S/C14H21NO2S/c1-4-7-10(5-2)15-11-8-6-9-12(18-3)13(11)14(16)17/h6,8-10,15H,4-5,7H2,1-3H3,(H,16,17). The number of hydrogen-bond acceptors (Lipinski definition) is 3. The summed E-state index contributed by atoms with van der Waals surface area (Å²) in [5.74, 6) is -0.867. The molecule has 0 aliphatic carbocycles. The topological polar surface area (TPSA) is 49.3 Å². The summed E-state index contributed by atoms with van der Waals surface area (Å²) in [5, 5.41) is 12.7. The highest BCUT2D eigenvalue weighted by atomic mass is 32.2. The van der Waals surface area contributed by atoms with Gasteiger partial charge in [-0.3, -0.25) is 0 Å². The van der Waals surface area contributed by atoms with Gasteiger partial charge in [0.1, 0.15) is 0 Å². The molecule has 0 spiro atoms. The number of anilines is 1. The molecule has 0 saturated heterocycles. The lowest BCUT2D eigenvalue weighted by Crippen LogP contribution is -2.20. The summed E-state index contributed by atoms with van der Waals surface area (Å²) in [7, 11) is 0. The van der Waals surface area contributed by atoms with Gasteiger partial charge >= 0.3 is 5.97 Å². The lowest BCUT2D eigenvalue weighted by Gasteiger charge is -2.20. The van der Waals surface area contributed by atoms with E-state index < -0.39 is 5.97 Å². The Bertz CT molecular complexity index is 407. The molecule has 1 unspecified atom stereocenters. The molecule has 0 aromatic heterocycles. The SMILES string of the molecule is CCCC(CC)Nc1cccc(SC)c1C(=O)O. The van der Waals surface area contributed by atoms with Crippen LogP contribution in [0.25, 0.3) is 0 Å². The number of carboxylic acids is 1. The van der Waals surface area contributed by atoms with Crippen molar-refractivity contribution in [1.82, 2.24) is 0 Å². The second-order valence-electron chi connectivity index (χ2n) is 4.23. The first kappa shape index (κ1) is 14.9. The van der Waals surface area contributed by atoms with Crippen molar-refractivity contribution in [3.05, 3.63) is 23.8 Å². The molecule has 0 bridgehead atoms. The van der Waals surface area contributed by atoms with Crippen LogP contribution in [-0.2, 0) is 0 Å². The fourth-order valence-corrected chi connectivity index (χ4v) is 2.60. The Morgan fingerprint density at radius 2 is 2.17 bits per heavy atom. The van der Waals surface area contributed by atoms with Gasteiger partial charge in [0, 0.05) is 10.9 Å². The Hall–Kier alpha value is -1.16. The second kappa shape index (κ2) is 7.31. The Morgan fingerprint density at radius 3 is 2.67 bits per heavy atom. The van der Waals surface area contributed by atoms with Gasteiger partial charge in [0.2, 0.25) is 0 Å². The molecule has 0 radical (unpaired) electrons. The van der Waals surface area contributed by atoms with Crippen molar-refractivity contribution in [2.24, 2.45) is 0 Å². The molecular formula is C14H21NO2S. The van der Waals surface area contributed by atoms with E-state index in [1.807, 2.05) is 24.5 Å². The third-order valence-corrected chi connectivity index (χ3v) is 3.73. The molecule has 0 aliphatic rings. The van der Waals surface area contributed by atoms with Crippen molar-refractivity contribution in [2.75, 3.05) is 11.6 Å². The molecule has 4 heteroatoms. The van der Waals surface area contributed by atoms with Crippen LogP contribution in [0, 0.1) is 0 Å². The van der Waals surface area contributed by atoms with Crippen molar-refractivity contribution >= 4 is 23.4 Å². The average Bonchev–Trinajstić information content (AvgIpc) is 2.37. The maximum Gasteiger partial charge on any atom is 0.338 e. The molecule has 18 heavy (non-hydrogen) atoms. The molecular weight excluding hydrogens is 246 g/mol. The average molecular weight is 267 g/mol. The maximum atomic E-state index is 11.4. The zero-order valence-electron chi connectivity index (χ0n) is 11.2. The first-order valence-electron chi connectivity index (χ1n) is 6.30. The summed E-state index contributed by atoms with van der Waals surface area (Å²) in [4.78, 5) is 12.2. The molecule has 0 fully saturated rings. The summed E-state index contributed by atoms with van der Waals surface area (Å²) >= 11 is 1.47. The predicted molar refractivity (Wildman–Crippen MR) is 77.8 cm³/mol. The molecule has 1 aromatic carbocycles. The highest BCUT2D eigenvalue weighted by Crippen LogP contribution is 2.28. The summed E-state index contributed by atoms with van der Waals surface area (Å²) in [6.45, 7) is 4.26. The van der Waals surface area contributed by atoms with E-state index in [1.54, 1.807) is 0 Å². The van der Waals surface area contributed by atoms with Crippen molar-refractivity contribution in [2.45, 2.75) is 44.0 Å². The predicted octanol–water partition coefficient (Wildman–Crippen LogP) is 4.10. The van der Waals surface area contributed by atoms with Gasteiger partial charge in [-0.25, -0.2) is 4.79 Å². The number of hydrogen-bond donors (Lipinski definition) is 2. The van der Waals surface area contributed by atoms with Gasteiger partial charge in [0.15, 0.2) is 0 Å². The minimum Gasteiger partial charge on any atom is -0.478 e. The zero-order valence-corrected chi connectivity index (χ0v) is 12.0. The number of carbonyl (C=O) groups is 1. The van der Waals surface area contributed by atoms with Crippen LogP contribution in [0.3, 0.4) is 0 Å². The van der Waals surface area contributed by atoms with E-state index in [9.17, 15) is 9.90 Å². The van der Waals surface area contributed by atoms with Crippen LogP contribution < -0.4 is 5.32 Å². The Balaban J connectivity index is 3.03. The van der Waals surface area contributed by atoms with Crippen LogP contribution in [0.2, 0.25) is 0 Å². The first-order chi connectivity index (χ1) is 8.63. The monoisotopic (exact) mass is 267 g/mol. The third-order valence-electron chi connectivity index (χ3n) is 2.95. The Labute approximate surface area is 113 Å². The van der Waals surface area contributed by atoms with Crippen molar-refractivity contribution < 1.29 is 9.90 Å². The number of aromatic carboxylic acids is 1. The fraction of sp³-hybridized carbons (Fsp3) is 0.500. The molecule has 1 aromatic rings. The van der Waals surface area contributed by atoms with Crippen LogP contribution in [0.4, 0.5) is 5.69 Å². The number of rotatable bonds is 7. The fourth-order valence-electron chi connectivity index (χ4n) is 1.99. The highest BCUT2D eigenvalue weighted by Gasteiger charge is 2.16. The summed E-state index contributed by atoms with van der Waals surface area (Å²) < 4.78 is 0. The lowest BCUT2D eigenvalue weighted by atomic mass is 10.1. The molecule has 100 valence electrons. The largest absolute Gasteiger partial charge is 0.478 e. The molecule has 3 nitrogen and oxygen atoms in total. The number of thioether (sulfide) groups is 1. The van der Waals surface area contributed by atoms with Crippen molar-refractivity contribution in [1.29, 1.82) is 0 Å². The van der Waals surface area contributed by atoms with E-state index in [0.29, 0.717) is 11.6 Å². The zero-order chi connectivity index (χ0) is 13.5. The summed E-state index contributed by atoms with van der Waals surface area (Å²) in [5.41, 5.74) is 1.12. The van der Waals surface area contributed by atoms with E-state index in [4.69, 9.17) is 0 Å². The quantitative estimate of drug-likeness (QED) is 0.730. The van der Waals surface area contributed by atoms with Crippen molar-refractivity contribution in [3.63, 3.8) is 0 Å². The molecule has 1 atom stereocenters. The van der Waals surface area contributed by atoms with Gasteiger partial charge in [-0.2, -0.15) is 0 Å². The van der Waals surface area contributed by atoms with Crippen LogP contribution in [0.1, 0.15) is 43.5 Å². The first-order valence-corrected chi connectivity index (χ1v) is 7.53. The molecule has 0 saturated carbocycles. The van der Waals surface area contributed by atoms with Gasteiger partial charge in [0.05, 0.1) is 11.3 Å². The van der Waals surface area contributed by atoms with Gasteiger partial charge in [0.25, 0.3) is 0 Å². The van der Waals surface area contributed by atoms with E-state index in [2.05, 4.69) is 19.2 Å². The molecule has 0 amide bonds. The summed E-state index contributed by atoms with van der Waals surface area (Å²) in [6, 6.07) is 5.94. The van der Waals surface area contributed by atoms with Crippen LogP contribution >= 0.6 is 11.8 Å². The van der Waals surface area contributed by atoms with Crippen LogP contribution in [0.15, 0.2) is 23.1 Å². The number of carboxylic acid groups (broad SMARTS) is 1. The maximum absolute atomic E-state index is 11.4. The lowest BCUT2D eigenvalue weighted by molar-refractivity contribution is 0.0694. The normalized spacial score (nSPS) is 12.2. The van der Waals surface area contributed by atoms with Crippen molar-refractivity contribution in [3.8, 4) is 0 Å². The van der Waals surface area contributed by atoms with E-state index in [0.717, 1.165) is 29.8 Å². The third kappa shape index (κ3) is 3.67. The number of nitrogens with one attached hydrogen (secondary N) is 1. The summed E-state index contributed by atoms with van der Waals surface area (Å²) in [6.07, 6.45) is 5.04. The smallest absolute Gasteiger partial charge is 0.338 e. The van der Waals surface area contributed by atoms with E-state index >= 15 is 0 Å². The van der Waals surface area contributed by atoms with Crippen LogP contribution in [-0.4, -0.2) is 23.4 Å². The van der Waals surface area contributed by atoms with Gasteiger partial charge in [-0.15, -0.1) is 11.8 Å². The van der Waals surface area contributed by atoms with Gasteiger partial charge in [-0.1, -0.05) is 26.3 Å². The Morgan fingerprint density at radius 1 is 1.44 bits per heavy atom. The highest BCUT2D eigenvalue weighted by molar-refractivity contribution is 7.98. The van der Waals surface area contributed by atoms with E-state index in [1.165, 1.54) is 11.8 Å². The molecule has 1 rings (SSSR count). The van der Waals surface area contributed by atoms with Gasteiger partial charge in [-0.05, 0) is 31.2 Å². The number of benzene rings is 1. The minimum absolute atomic E-state index is 0.338. The second-order valence-corrected chi connectivity index (χ2v) is 5.07. The van der Waals surface area contributed by atoms with Crippen LogP contribution in [0.5, 0.6) is 0 Å². The van der Waals surface area contributed by atoms with Gasteiger partial charge < -0.3 is 10.4 Å². The molecule has 0 heterocycles. The van der Waals surface area contributed by atoms with E-state index in [-0.39, 0.29) is 0 Å². The molecule has 0 aliphatic heterocycles. The Kier molecular flexibility index (Phi) is 6.05.